The number of nitrogens with zero attached hydrogens (tertiary/aromatic N) is 3. The number of rotatable bonds is 5. The van der Waals surface area contributed by atoms with E-state index in [1.165, 1.54) is 57.8 Å². The maximum atomic E-state index is 8.79. The summed E-state index contributed by atoms with van der Waals surface area (Å²) in [7, 11) is 0. The largest absolute Gasteiger partial charge is 0.353 e. The highest BCUT2D eigenvalue weighted by molar-refractivity contribution is 5.25. The minimum Gasteiger partial charge on any atom is -0.353 e. The molecule has 0 amide bonds. The molecule has 9 atom stereocenters. The van der Waals surface area contributed by atoms with Crippen molar-refractivity contribution in [1.29, 1.82) is 0 Å². The highest BCUT2D eigenvalue weighted by Gasteiger charge is 2.59. The zero-order valence-corrected chi connectivity index (χ0v) is 20.5. The molecule has 1 heterocycles. The molecule has 3 saturated carbocycles. The van der Waals surface area contributed by atoms with E-state index in [9.17, 15) is 0 Å². The second kappa shape index (κ2) is 8.96. The van der Waals surface area contributed by atoms with E-state index in [0.717, 1.165) is 37.2 Å². The normalized spacial score (nSPS) is 46.8. The number of fused-ring (bicyclic) bond motifs is 5. The van der Waals surface area contributed by atoms with Gasteiger partial charge in [-0.25, -0.2) is 0 Å². The Balaban J connectivity index is 1.29. The Kier molecular flexibility index (Phi) is 6.37. The first-order valence-electron chi connectivity index (χ1n) is 13.4. The van der Waals surface area contributed by atoms with Crippen molar-refractivity contribution < 1.29 is 9.47 Å². The van der Waals surface area contributed by atoms with Crippen LogP contribution in [-0.4, -0.2) is 25.5 Å². The molecule has 5 nitrogen and oxygen atoms in total. The number of azide groups is 1. The predicted molar refractivity (Wildman–Crippen MR) is 127 cm³/mol. The number of hydrogen-bond donors (Lipinski definition) is 0. The molecule has 0 bridgehead atoms. The Morgan fingerprint density at radius 2 is 2.03 bits per heavy atom. The molecule has 1 saturated heterocycles. The van der Waals surface area contributed by atoms with Gasteiger partial charge in [-0.3, -0.25) is 0 Å². The molecule has 0 aromatic rings. The fourth-order valence-corrected chi connectivity index (χ4v) is 9.04. The van der Waals surface area contributed by atoms with Crippen LogP contribution in [0.3, 0.4) is 0 Å². The second-order valence-electron chi connectivity index (χ2n) is 12.2. The van der Waals surface area contributed by atoms with E-state index in [2.05, 4.69) is 36.9 Å². The van der Waals surface area contributed by atoms with Gasteiger partial charge in [0.25, 0.3) is 0 Å². The van der Waals surface area contributed by atoms with E-state index < -0.39 is 0 Å². The van der Waals surface area contributed by atoms with Gasteiger partial charge in [-0.05, 0) is 117 Å². The highest BCUT2D eigenvalue weighted by Crippen LogP contribution is 2.67. The van der Waals surface area contributed by atoms with Crippen molar-refractivity contribution in [3.8, 4) is 0 Å². The molecule has 5 rings (SSSR count). The van der Waals surface area contributed by atoms with Gasteiger partial charge in [0.2, 0.25) is 0 Å². The lowest BCUT2D eigenvalue weighted by Gasteiger charge is -2.58. The van der Waals surface area contributed by atoms with Crippen LogP contribution in [0.5, 0.6) is 0 Å². The van der Waals surface area contributed by atoms with E-state index in [0.29, 0.717) is 35.3 Å². The van der Waals surface area contributed by atoms with Gasteiger partial charge in [0.15, 0.2) is 6.29 Å². The van der Waals surface area contributed by atoms with Gasteiger partial charge in [0.05, 0.1) is 6.10 Å². The SMILES string of the molecule is C[C@H](CN=[N+]=[N-])C1CCC2C3CC=C4CC(OC5CCCCO5)CC[C@]4(C)C3CC[C@@]21C. The molecule has 0 aromatic heterocycles. The summed E-state index contributed by atoms with van der Waals surface area (Å²) in [6, 6.07) is 0. The maximum Gasteiger partial charge on any atom is 0.157 e. The molecular formula is C27H43N3O2. The van der Waals surface area contributed by atoms with E-state index >= 15 is 0 Å². The Bertz CT molecular complexity index is 771. The first-order chi connectivity index (χ1) is 15.5. The molecule has 178 valence electrons. The average Bonchev–Trinajstić information content (AvgIpc) is 3.16. The smallest absolute Gasteiger partial charge is 0.157 e. The monoisotopic (exact) mass is 441 g/mol. The van der Waals surface area contributed by atoms with Crippen LogP contribution in [0.25, 0.3) is 10.4 Å². The minimum atomic E-state index is 0.0354. The molecular weight excluding hydrogens is 398 g/mol. The molecule has 32 heavy (non-hydrogen) atoms. The summed E-state index contributed by atoms with van der Waals surface area (Å²) in [5.74, 6) is 3.70. The summed E-state index contributed by atoms with van der Waals surface area (Å²) < 4.78 is 12.3. The van der Waals surface area contributed by atoms with Crippen molar-refractivity contribution in [1.82, 2.24) is 0 Å². The zero-order chi connectivity index (χ0) is 22.3. The Morgan fingerprint density at radius 3 is 2.81 bits per heavy atom. The number of hydrogen-bond acceptors (Lipinski definition) is 3. The lowest BCUT2D eigenvalue weighted by atomic mass is 9.47. The molecule has 6 unspecified atom stereocenters. The van der Waals surface area contributed by atoms with Gasteiger partial charge in [0, 0.05) is 18.1 Å². The Labute approximate surface area is 194 Å². The second-order valence-corrected chi connectivity index (χ2v) is 12.2. The summed E-state index contributed by atoms with van der Waals surface area (Å²) in [6.07, 6.45) is 16.8. The van der Waals surface area contributed by atoms with Crippen LogP contribution in [-0.2, 0) is 9.47 Å². The topological polar surface area (TPSA) is 67.2 Å². The van der Waals surface area contributed by atoms with Crippen molar-refractivity contribution in [3.63, 3.8) is 0 Å². The van der Waals surface area contributed by atoms with E-state index in [1.54, 1.807) is 5.57 Å². The standard InChI is InChI=1S/C27H43N3O2/c1-18(17-29-30-28)22-9-10-23-21-8-7-19-16-20(32-25-6-4-5-15-31-25)11-13-26(19,2)24(21)12-14-27(22,23)3/h7,18,20-25H,4-6,8-17H2,1-3H3/t18-,20?,21?,22?,23?,24?,25?,26+,27-/m1/s1. The summed E-state index contributed by atoms with van der Waals surface area (Å²) in [4.78, 5) is 3.04. The minimum absolute atomic E-state index is 0.0354. The fraction of sp³-hybridized carbons (Fsp3) is 0.926. The third-order valence-electron chi connectivity index (χ3n) is 10.7. The summed E-state index contributed by atoms with van der Waals surface area (Å²) in [6.45, 7) is 9.00. The van der Waals surface area contributed by atoms with Crippen molar-refractivity contribution in [3.05, 3.63) is 22.1 Å². The fourth-order valence-electron chi connectivity index (χ4n) is 9.04. The zero-order valence-electron chi connectivity index (χ0n) is 20.5. The first-order valence-corrected chi connectivity index (χ1v) is 13.4. The number of ether oxygens (including phenoxy) is 2. The molecule has 0 radical (unpaired) electrons. The summed E-state index contributed by atoms with van der Waals surface area (Å²) in [5, 5.41) is 3.93. The van der Waals surface area contributed by atoms with Gasteiger partial charge < -0.3 is 9.47 Å². The lowest BCUT2D eigenvalue weighted by molar-refractivity contribution is -0.195. The van der Waals surface area contributed by atoms with Crippen molar-refractivity contribution in [2.75, 3.05) is 13.2 Å². The molecule has 4 fully saturated rings. The molecule has 5 aliphatic rings. The molecule has 4 aliphatic carbocycles. The molecule has 0 aromatic carbocycles. The first kappa shape index (κ1) is 22.7. The average molecular weight is 442 g/mol. The maximum absolute atomic E-state index is 8.79. The van der Waals surface area contributed by atoms with Gasteiger partial charge in [-0.15, -0.1) is 0 Å². The molecule has 5 heteroatoms. The van der Waals surface area contributed by atoms with Gasteiger partial charge in [0.1, 0.15) is 0 Å². The van der Waals surface area contributed by atoms with Crippen molar-refractivity contribution in [2.24, 2.45) is 45.5 Å². The van der Waals surface area contributed by atoms with Crippen LogP contribution >= 0.6 is 0 Å². The Hall–Kier alpha value is -1.03. The summed E-state index contributed by atoms with van der Waals surface area (Å²) >= 11 is 0. The lowest BCUT2D eigenvalue weighted by Crippen LogP contribution is -2.51. The molecule has 1 aliphatic heterocycles. The van der Waals surface area contributed by atoms with Crippen LogP contribution in [0.2, 0.25) is 0 Å². The van der Waals surface area contributed by atoms with Crippen molar-refractivity contribution >= 4 is 0 Å². The van der Waals surface area contributed by atoms with Gasteiger partial charge in [-0.1, -0.05) is 37.5 Å². The third kappa shape index (κ3) is 3.83. The Morgan fingerprint density at radius 1 is 1.16 bits per heavy atom. The molecule has 0 spiro atoms. The van der Waals surface area contributed by atoms with Gasteiger partial charge >= 0.3 is 0 Å². The summed E-state index contributed by atoms with van der Waals surface area (Å²) in [5.41, 5.74) is 11.3. The van der Waals surface area contributed by atoms with E-state index in [1.807, 2.05) is 0 Å². The third-order valence-corrected chi connectivity index (χ3v) is 10.7. The van der Waals surface area contributed by atoms with Crippen LogP contribution in [0.1, 0.15) is 91.4 Å². The predicted octanol–water partition coefficient (Wildman–Crippen LogP) is 7.42. The van der Waals surface area contributed by atoms with Crippen LogP contribution in [0, 0.1) is 40.4 Å². The quantitative estimate of drug-likeness (QED) is 0.193. The van der Waals surface area contributed by atoms with Gasteiger partial charge in [-0.2, -0.15) is 0 Å². The van der Waals surface area contributed by atoms with E-state index in [4.69, 9.17) is 15.0 Å². The van der Waals surface area contributed by atoms with Crippen LogP contribution in [0.15, 0.2) is 16.8 Å². The van der Waals surface area contributed by atoms with Crippen LogP contribution in [0.4, 0.5) is 0 Å². The van der Waals surface area contributed by atoms with E-state index in [-0.39, 0.29) is 6.29 Å². The number of allylic oxidation sites excluding steroid dienone is 1. The van der Waals surface area contributed by atoms with Crippen molar-refractivity contribution in [2.45, 2.75) is 104 Å². The van der Waals surface area contributed by atoms with Crippen LogP contribution < -0.4 is 0 Å². The highest BCUT2D eigenvalue weighted by atomic mass is 16.7. The molecule has 0 N–H and O–H groups in total.